The number of anilines is 1. The number of carbonyl (C=O) groups is 2. The molecule has 1 N–H and O–H groups in total. The molecule has 1 atom stereocenters. The number of likely N-dealkylation sites (tertiary alicyclic amines) is 1. The fourth-order valence-electron chi connectivity index (χ4n) is 3.67. The number of nitrogens with one attached hydrogen (secondary N) is 1. The zero-order valence-electron chi connectivity index (χ0n) is 16.8. The van der Waals surface area contributed by atoms with Gasteiger partial charge in [0.1, 0.15) is 5.75 Å². The lowest BCUT2D eigenvalue weighted by atomic mass is 9.93. The first-order valence-corrected chi connectivity index (χ1v) is 10.6. The van der Waals surface area contributed by atoms with E-state index in [-0.39, 0.29) is 11.8 Å². The quantitative estimate of drug-likeness (QED) is 0.768. The minimum absolute atomic E-state index is 0.0193. The number of rotatable bonds is 6. The Hall–Kier alpha value is -2.34. The van der Waals surface area contributed by atoms with Gasteiger partial charge in [-0.25, -0.2) is 0 Å². The molecule has 0 bridgehead atoms. The van der Waals surface area contributed by atoms with Gasteiger partial charge in [0, 0.05) is 25.2 Å². The maximum absolute atomic E-state index is 12.7. The van der Waals surface area contributed by atoms with Gasteiger partial charge in [0.15, 0.2) is 0 Å². The largest absolute Gasteiger partial charge is 0.497 e. The van der Waals surface area contributed by atoms with Gasteiger partial charge in [0.05, 0.1) is 12.0 Å². The average Bonchev–Trinajstić information content (AvgIpc) is 3.13. The summed E-state index contributed by atoms with van der Waals surface area (Å²) >= 11 is 1.51. The second kappa shape index (κ2) is 9.24. The molecule has 5 nitrogen and oxygen atoms in total. The van der Waals surface area contributed by atoms with Gasteiger partial charge < -0.3 is 15.0 Å². The Labute approximate surface area is 170 Å². The highest BCUT2D eigenvalue weighted by atomic mass is 32.1. The van der Waals surface area contributed by atoms with Gasteiger partial charge in [0.2, 0.25) is 5.91 Å². The summed E-state index contributed by atoms with van der Waals surface area (Å²) in [5.74, 6) is 1.31. The molecular weight excluding hydrogens is 372 g/mol. The fourth-order valence-corrected chi connectivity index (χ4v) is 4.56. The number of thiophene rings is 1. The molecule has 0 spiro atoms. The molecule has 0 aliphatic carbocycles. The minimum Gasteiger partial charge on any atom is -0.497 e. The maximum Gasteiger partial charge on any atom is 0.264 e. The Morgan fingerprint density at radius 2 is 2.07 bits per heavy atom. The summed E-state index contributed by atoms with van der Waals surface area (Å²) in [6.45, 7) is 5.49. The van der Waals surface area contributed by atoms with E-state index in [1.165, 1.54) is 11.3 Å². The summed E-state index contributed by atoms with van der Waals surface area (Å²) in [6.07, 6.45) is 3.34. The van der Waals surface area contributed by atoms with Gasteiger partial charge in [0.25, 0.3) is 5.91 Å². The van der Waals surface area contributed by atoms with E-state index in [1.54, 1.807) is 7.11 Å². The van der Waals surface area contributed by atoms with E-state index in [0.717, 1.165) is 59.8 Å². The van der Waals surface area contributed by atoms with Crippen LogP contribution in [0.1, 0.15) is 46.5 Å². The molecule has 2 amide bonds. The Morgan fingerprint density at radius 1 is 1.25 bits per heavy atom. The average molecular weight is 401 g/mol. The van der Waals surface area contributed by atoms with Crippen LogP contribution in [0.25, 0.3) is 0 Å². The van der Waals surface area contributed by atoms with Crippen LogP contribution in [0.3, 0.4) is 0 Å². The Kier molecular flexibility index (Phi) is 6.73. The number of benzene rings is 1. The molecule has 0 radical (unpaired) electrons. The molecule has 28 heavy (non-hydrogen) atoms. The zero-order chi connectivity index (χ0) is 20.1. The molecule has 0 saturated carbocycles. The molecule has 2 aromatic rings. The first kappa shape index (κ1) is 20.4. The van der Waals surface area contributed by atoms with Crippen molar-refractivity contribution >= 4 is 28.8 Å². The van der Waals surface area contributed by atoms with Crippen LogP contribution in [-0.4, -0.2) is 36.9 Å². The van der Waals surface area contributed by atoms with E-state index in [4.69, 9.17) is 4.74 Å². The van der Waals surface area contributed by atoms with Crippen molar-refractivity contribution in [2.45, 2.75) is 39.5 Å². The van der Waals surface area contributed by atoms with Crippen molar-refractivity contribution < 1.29 is 14.3 Å². The second-order valence-electron chi connectivity index (χ2n) is 7.46. The molecular formula is C22H28N2O3S. The van der Waals surface area contributed by atoms with E-state index in [1.807, 2.05) is 48.4 Å². The number of hydrogen-bond acceptors (Lipinski definition) is 4. The summed E-state index contributed by atoms with van der Waals surface area (Å²) in [7, 11) is 1.63. The Balaban J connectivity index is 1.51. The second-order valence-corrected chi connectivity index (χ2v) is 8.38. The van der Waals surface area contributed by atoms with Crippen molar-refractivity contribution in [1.29, 1.82) is 0 Å². The molecule has 6 heteroatoms. The van der Waals surface area contributed by atoms with Crippen LogP contribution in [-0.2, 0) is 4.79 Å². The fraction of sp³-hybridized carbons (Fsp3) is 0.455. The van der Waals surface area contributed by atoms with Crippen LogP contribution in [0.5, 0.6) is 5.75 Å². The molecule has 1 aromatic heterocycles. The van der Waals surface area contributed by atoms with Crippen molar-refractivity contribution in [3.05, 3.63) is 45.6 Å². The predicted octanol–water partition coefficient (Wildman–Crippen LogP) is 4.64. The maximum atomic E-state index is 12.7. The summed E-state index contributed by atoms with van der Waals surface area (Å²) < 4.78 is 5.20. The molecule has 150 valence electrons. The monoisotopic (exact) mass is 400 g/mol. The number of hydrogen-bond donors (Lipinski definition) is 1. The van der Waals surface area contributed by atoms with E-state index < -0.39 is 0 Å². The van der Waals surface area contributed by atoms with Gasteiger partial charge >= 0.3 is 0 Å². The Morgan fingerprint density at radius 3 is 2.75 bits per heavy atom. The van der Waals surface area contributed by atoms with Crippen molar-refractivity contribution in [3.8, 4) is 5.75 Å². The third-order valence-corrected chi connectivity index (χ3v) is 6.35. The van der Waals surface area contributed by atoms with Crippen LogP contribution >= 0.6 is 11.3 Å². The molecule has 1 saturated heterocycles. The number of amides is 2. The first-order valence-electron chi connectivity index (χ1n) is 9.75. The highest BCUT2D eigenvalue weighted by Crippen LogP contribution is 2.26. The van der Waals surface area contributed by atoms with Crippen molar-refractivity contribution in [1.82, 2.24) is 4.90 Å². The lowest BCUT2D eigenvalue weighted by Gasteiger charge is -2.32. The highest BCUT2D eigenvalue weighted by molar-refractivity contribution is 7.12. The lowest BCUT2D eigenvalue weighted by molar-refractivity contribution is -0.116. The zero-order valence-corrected chi connectivity index (χ0v) is 17.6. The van der Waals surface area contributed by atoms with E-state index in [2.05, 4.69) is 5.32 Å². The smallest absolute Gasteiger partial charge is 0.264 e. The number of nitrogens with zero attached hydrogens (tertiary/aromatic N) is 1. The summed E-state index contributed by atoms with van der Waals surface area (Å²) in [4.78, 5) is 27.9. The molecule has 2 heterocycles. The number of carbonyl (C=O) groups excluding carboxylic acids is 2. The highest BCUT2D eigenvalue weighted by Gasteiger charge is 2.26. The van der Waals surface area contributed by atoms with Crippen molar-refractivity contribution in [2.75, 3.05) is 25.5 Å². The van der Waals surface area contributed by atoms with Gasteiger partial charge in [-0.2, -0.15) is 0 Å². The molecule has 1 aromatic carbocycles. The summed E-state index contributed by atoms with van der Waals surface area (Å²) in [5, 5.41) is 4.96. The van der Waals surface area contributed by atoms with Crippen LogP contribution < -0.4 is 10.1 Å². The number of methoxy groups -OCH3 is 1. The molecule has 1 fully saturated rings. The topological polar surface area (TPSA) is 58.6 Å². The molecule has 1 aliphatic heterocycles. The summed E-state index contributed by atoms with van der Waals surface area (Å²) in [5.41, 5.74) is 2.85. The number of piperidine rings is 1. The van der Waals surface area contributed by atoms with E-state index >= 15 is 0 Å². The van der Waals surface area contributed by atoms with Crippen LogP contribution in [0, 0.1) is 19.8 Å². The van der Waals surface area contributed by atoms with Crippen LogP contribution in [0.15, 0.2) is 29.6 Å². The molecule has 0 unspecified atom stereocenters. The third-order valence-electron chi connectivity index (χ3n) is 5.35. The number of aryl methyl sites for hydroxylation is 2. The van der Waals surface area contributed by atoms with Gasteiger partial charge in [-0.1, -0.05) is 0 Å². The Bertz CT molecular complexity index is 846. The van der Waals surface area contributed by atoms with Gasteiger partial charge in [-0.3, -0.25) is 9.59 Å². The molecule has 1 aliphatic rings. The standard InChI is InChI=1S/C22H28N2O3S/c1-15-10-12-28-21(15)22(26)24-11-4-5-17(14-24)6-9-20(25)23-19-8-7-18(27-3)13-16(19)2/h7-8,10,12-13,17H,4-6,9,11,14H2,1-3H3,(H,23,25)/t17-/m0/s1. The predicted molar refractivity (Wildman–Crippen MR) is 113 cm³/mol. The SMILES string of the molecule is COc1ccc(NC(=O)CC[C@@H]2CCCN(C(=O)c3sccc3C)C2)c(C)c1. The van der Waals surface area contributed by atoms with Gasteiger partial charge in [-0.05, 0) is 79.8 Å². The third kappa shape index (κ3) is 4.93. The van der Waals surface area contributed by atoms with Crippen molar-refractivity contribution in [3.63, 3.8) is 0 Å². The minimum atomic E-state index is 0.0193. The lowest BCUT2D eigenvalue weighted by Crippen LogP contribution is -2.40. The van der Waals surface area contributed by atoms with E-state index in [9.17, 15) is 9.59 Å². The normalized spacial score (nSPS) is 16.7. The molecule has 3 rings (SSSR count). The van der Waals surface area contributed by atoms with Crippen LogP contribution in [0.2, 0.25) is 0 Å². The van der Waals surface area contributed by atoms with Crippen LogP contribution in [0.4, 0.5) is 5.69 Å². The first-order chi connectivity index (χ1) is 13.5. The van der Waals surface area contributed by atoms with Gasteiger partial charge in [-0.15, -0.1) is 11.3 Å². The number of ether oxygens (including phenoxy) is 1. The van der Waals surface area contributed by atoms with E-state index in [0.29, 0.717) is 12.3 Å². The van der Waals surface area contributed by atoms with Crippen molar-refractivity contribution in [2.24, 2.45) is 5.92 Å². The summed E-state index contributed by atoms with van der Waals surface area (Å²) in [6, 6.07) is 7.62.